The topological polar surface area (TPSA) is 60.9 Å². The molecule has 1 aliphatic rings. The Labute approximate surface area is 110 Å². The summed E-state index contributed by atoms with van der Waals surface area (Å²) in [6, 6.07) is 0. The number of amides is 1. The van der Waals surface area contributed by atoms with Gasteiger partial charge >= 0.3 is 0 Å². The molecule has 1 rings (SSSR count). The van der Waals surface area contributed by atoms with Crippen molar-refractivity contribution in [3.05, 3.63) is 0 Å². The van der Waals surface area contributed by atoms with Gasteiger partial charge in [0.15, 0.2) is 0 Å². The smallest absolute Gasteiger partial charge is 0.281 e. The van der Waals surface area contributed by atoms with Crippen LogP contribution in [0.15, 0.2) is 0 Å². The number of carbonyl (C=O) groups excluding carboxylic acids is 1. The van der Waals surface area contributed by atoms with Crippen molar-refractivity contribution >= 4 is 16.1 Å². The minimum atomic E-state index is -3.50. The van der Waals surface area contributed by atoms with E-state index in [-0.39, 0.29) is 12.5 Å². The Bertz CT molecular complexity index is 373. The van der Waals surface area contributed by atoms with Crippen LogP contribution < -0.4 is 0 Å². The van der Waals surface area contributed by atoms with Gasteiger partial charge < -0.3 is 4.90 Å². The van der Waals surface area contributed by atoms with Crippen LogP contribution in [-0.2, 0) is 15.0 Å². The lowest BCUT2D eigenvalue weighted by Crippen LogP contribution is -2.45. The Hall–Kier alpha value is -0.660. The van der Waals surface area contributed by atoms with Crippen LogP contribution in [0.4, 0.5) is 0 Å². The molecule has 18 heavy (non-hydrogen) atoms. The molecular weight excluding hydrogens is 254 g/mol. The monoisotopic (exact) mass is 277 g/mol. The summed E-state index contributed by atoms with van der Waals surface area (Å²) in [6.07, 6.45) is 4.32. The van der Waals surface area contributed by atoms with Crippen LogP contribution in [0.5, 0.6) is 0 Å². The second-order valence-electron chi connectivity index (χ2n) is 4.84. The Balaban J connectivity index is 2.58. The summed E-state index contributed by atoms with van der Waals surface area (Å²) >= 11 is 0. The molecule has 1 fully saturated rings. The van der Waals surface area contributed by atoms with Gasteiger partial charge in [-0.1, -0.05) is 12.8 Å². The van der Waals surface area contributed by atoms with Gasteiger partial charge in [-0.3, -0.25) is 4.79 Å². The quantitative estimate of drug-likeness (QED) is 0.734. The Kier molecular flexibility index (Phi) is 5.55. The van der Waals surface area contributed by atoms with Crippen molar-refractivity contribution in [2.75, 3.05) is 40.8 Å². The molecule has 0 saturated carbocycles. The third-order valence-electron chi connectivity index (χ3n) is 3.17. The predicted octanol–water partition coefficient (Wildman–Crippen LogP) is 0.127. The summed E-state index contributed by atoms with van der Waals surface area (Å²) in [5.41, 5.74) is 0. The first-order chi connectivity index (χ1) is 8.35. The van der Waals surface area contributed by atoms with Gasteiger partial charge in [-0.2, -0.15) is 17.0 Å². The van der Waals surface area contributed by atoms with Gasteiger partial charge in [-0.15, -0.1) is 0 Å². The Morgan fingerprint density at radius 3 is 2.00 bits per heavy atom. The minimum Gasteiger partial charge on any atom is -0.342 e. The number of rotatable bonds is 4. The van der Waals surface area contributed by atoms with Crippen LogP contribution >= 0.6 is 0 Å². The van der Waals surface area contributed by atoms with Gasteiger partial charge in [0.05, 0.1) is 6.54 Å². The van der Waals surface area contributed by atoms with Gasteiger partial charge in [0.2, 0.25) is 5.91 Å². The van der Waals surface area contributed by atoms with Gasteiger partial charge in [0.1, 0.15) is 0 Å². The molecule has 0 aromatic rings. The molecule has 1 amide bonds. The zero-order valence-electron chi connectivity index (χ0n) is 11.4. The minimum absolute atomic E-state index is 0.0828. The van der Waals surface area contributed by atoms with Crippen molar-refractivity contribution in [1.29, 1.82) is 0 Å². The van der Waals surface area contributed by atoms with Crippen molar-refractivity contribution < 1.29 is 13.2 Å². The van der Waals surface area contributed by atoms with E-state index in [4.69, 9.17) is 0 Å². The number of hydrogen-bond acceptors (Lipinski definition) is 3. The number of carbonyl (C=O) groups is 1. The van der Waals surface area contributed by atoms with Crippen LogP contribution in [-0.4, -0.2) is 68.6 Å². The van der Waals surface area contributed by atoms with Crippen LogP contribution in [0, 0.1) is 0 Å². The van der Waals surface area contributed by atoms with Gasteiger partial charge in [0.25, 0.3) is 10.2 Å². The van der Waals surface area contributed by atoms with Crippen molar-refractivity contribution in [3.8, 4) is 0 Å². The summed E-state index contributed by atoms with van der Waals surface area (Å²) in [5, 5.41) is 0. The van der Waals surface area contributed by atoms with E-state index < -0.39 is 10.2 Å². The highest BCUT2D eigenvalue weighted by Crippen LogP contribution is 2.10. The van der Waals surface area contributed by atoms with Crippen molar-refractivity contribution in [2.45, 2.75) is 25.7 Å². The average Bonchev–Trinajstić information content (AvgIpc) is 2.56. The zero-order valence-corrected chi connectivity index (χ0v) is 12.2. The number of likely N-dealkylation sites (tertiary alicyclic amines) is 1. The molecule has 106 valence electrons. The zero-order chi connectivity index (χ0) is 13.8. The molecule has 0 aromatic heterocycles. The first-order valence-electron chi connectivity index (χ1n) is 6.27. The molecule has 0 radical (unpaired) electrons. The van der Waals surface area contributed by atoms with E-state index in [0.717, 1.165) is 47.4 Å². The maximum atomic E-state index is 12.0. The molecule has 7 heteroatoms. The average molecular weight is 277 g/mol. The highest BCUT2D eigenvalue weighted by atomic mass is 32.2. The van der Waals surface area contributed by atoms with Gasteiger partial charge in [-0.25, -0.2) is 0 Å². The van der Waals surface area contributed by atoms with Crippen LogP contribution in [0.25, 0.3) is 0 Å². The summed E-state index contributed by atoms with van der Waals surface area (Å²) in [7, 11) is 0.856. The van der Waals surface area contributed by atoms with Crippen molar-refractivity contribution in [3.63, 3.8) is 0 Å². The summed E-state index contributed by atoms with van der Waals surface area (Å²) < 4.78 is 25.8. The molecule has 0 atom stereocenters. The maximum Gasteiger partial charge on any atom is 0.281 e. The van der Waals surface area contributed by atoms with E-state index in [1.165, 1.54) is 21.1 Å². The lowest BCUT2D eigenvalue weighted by Gasteiger charge is -2.25. The predicted molar refractivity (Wildman–Crippen MR) is 70.3 cm³/mol. The van der Waals surface area contributed by atoms with Crippen LogP contribution in [0.1, 0.15) is 25.7 Å². The molecule has 1 aliphatic heterocycles. The van der Waals surface area contributed by atoms with Gasteiger partial charge in [0, 0.05) is 34.2 Å². The van der Waals surface area contributed by atoms with Crippen molar-refractivity contribution in [1.82, 2.24) is 13.5 Å². The first kappa shape index (κ1) is 15.4. The normalized spacial score (nSPS) is 18.2. The van der Waals surface area contributed by atoms with E-state index in [0.29, 0.717) is 0 Å². The number of nitrogens with zero attached hydrogens (tertiary/aromatic N) is 3. The Morgan fingerprint density at radius 1 is 1.06 bits per heavy atom. The molecule has 0 unspecified atom stereocenters. The fraction of sp³-hybridized carbons (Fsp3) is 0.909. The number of hydrogen-bond donors (Lipinski definition) is 0. The highest BCUT2D eigenvalue weighted by molar-refractivity contribution is 7.86. The highest BCUT2D eigenvalue weighted by Gasteiger charge is 2.25. The Morgan fingerprint density at radius 2 is 1.56 bits per heavy atom. The summed E-state index contributed by atoms with van der Waals surface area (Å²) in [4.78, 5) is 13.8. The van der Waals surface area contributed by atoms with Crippen molar-refractivity contribution in [2.24, 2.45) is 0 Å². The second kappa shape index (κ2) is 6.49. The van der Waals surface area contributed by atoms with E-state index >= 15 is 0 Å². The maximum absolute atomic E-state index is 12.0. The SMILES string of the molecule is CN(C)S(=O)(=O)N(C)CC(=O)N1CCCCCC1. The summed E-state index contributed by atoms with van der Waals surface area (Å²) in [5.74, 6) is -0.107. The van der Waals surface area contributed by atoms with Gasteiger partial charge in [-0.05, 0) is 12.8 Å². The van der Waals surface area contributed by atoms with Crippen LogP contribution in [0.3, 0.4) is 0 Å². The van der Waals surface area contributed by atoms with Crippen LogP contribution in [0.2, 0.25) is 0 Å². The molecule has 0 bridgehead atoms. The molecular formula is C11H23N3O3S. The largest absolute Gasteiger partial charge is 0.342 e. The lowest BCUT2D eigenvalue weighted by molar-refractivity contribution is -0.131. The third kappa shape index (κ3) is 3.93. The third-order valence-corrected chi connectivity index (χ3v) is 5.01. The molecule has 0 N–H and O–H groups in total. The first-order valence-corrected chi connectivity index (χ1v) is 7.67. The van der Waals surface area contributed by atoms with E-state index in [2.05, 4.69) is 0 Å². The van der Waals surface area contributed by atoms with E-state index in [1.54, 1.807) is 4.90 Å². The second-order valence-corrected chi connectivity index (χ2v) is 7.09. The fourth-order valence-electron chi connectivity index (χ4n) is 1.97. The molecule has 0 aliphatic carbocycles. The van der Waals surface area contributed by atoms with E-state index in [9.17, 15) is 13.2 Å². The standard InChI is InChI=1S/C11H23N3O3S/c1-12(2)18(16,17)13(3)10-11(15)14-8-6-4-5-7-9-14/h4-10H2,1-3H3. The fourth-order valence-corrected chi connectivity index (χ4v) is 2.80. The molecule has 0 aromatic carbocycles. The molecule has 1 heterocycles. The molecule has 6 nitrogen and oxygen atoms in total. The lowest BCUT2D eigenvalue weighted by atomic mass is 10.2. The molecule has 0 spiro atoms. The molecule has 1 saturated heterocycles. The van der Waals surface area contributed by atoms with E-state index in [1.807, 2.05) is 0 Å². The summed E-state index contributed by atoms with van der Waals surface area (Å²) in [6.45, 7) is 1.41. The number of likely N-dealkylation sites (N-methyl/N-ethyl adjacent to an activating group) is 1.